The minimum absolute atomic E-state index is 0.421. The summed E-state index contributed by atoms with van der Waals surface area (Å²) in [5, 5.41) is 4.27. The Morgan fingerprint density at radius 2 is 1.76 bits per heavy atom. The second kappa shape index (κ2) is 6.31. The number of nitrogens with zero attached hydrogens (tertiary/aromatic N) is 3. The topological polar surface area (TPSA) is 59.8 Å². The number of anilines is 1. The van der Waals surface area contributed by atoms with Crippen molar-refractivity contribution in [2.75, 3.05) is 12.4 Å². The van der Waals surface area contributed by atoms with Gasteiger partial charge >= 0.3 is 5.69 Å². The second-order valence-electron chi connectivity index (χ2n) is 5.32. The molecule has 0 spiro atoms. The van der Waals surface area contributed by atoms with E-state index in [0.29, 0.717) is 22.2 Å². The van der Waals surface area contributed by atoms with E-state index in [1.165, 1.54) is 15.9 Å². The summed E-state index contributed by atoms with van der Waals surface area (Å²) in [5.41, 5.74) is 1.68. The molecule has 124 valence electrons. The van der Waals surface area contributed by atoms with Crippen molar-refractivity contribution in [3.63, 3.8) is 0 Å². The number of para-hydroxylation sites is 1. The van der Waals surface area contributed by atoms with Crippen LogP contribution >= 0.6 is 22.9 Å². The molecule has 1 N–H and O–H groups in total. The van der Waals surface area contributed by atoms with Crippen LogP contribution in [-0.2, 0) is 0 Å². The number of halogens is 1. The molecule has 2 aromatic carbocycles. The first kappa shape index (κ1) is 15.8. The maximum Gasteiger partial charge on any atom is 0.355 e. The molecule has 0 saturated heterocycles. The van der Waals surface area contributed by atoms with Crippen LogP contribution < -0.4 is 11.0 Å². The van der Waals surface area contributed by atoms with Gasteiger partial charge in [-0.05, 0) is 12.1 Å². The standard InChI is InChI=1S/C18H13ClN4OS/c1-20-15-14-16(22-17(25-14)11-7-3-2-4-8-11)23(18(24)21-15)13-10-6-5-9-12(13)19/h2-10H,1H3,(H,20,21,24). The minimum atomic E-state index is -0.421. The van der Waals surface area contributed by atoms with Gasteiger partial charge in [0.05, 0.1) is 10.7 Å². The molecule has 0 aliphatic heterocycles. The van der Waals surface area contributed by atoms with Crippen molar-refractivity contribution < 1.29 is 0 Å². The molecule has 0 radical (unpaired) electrons. The monoisotopic (exact) mass is 368 g/mol. The fourth-order valence-corrected chi connectivity index (χ4v) is 3.90. The molecule has 0 saturated carbocycles. The van der Waals surface area contributed by atoms with E-state index >= 15 is 0 Å². The van der Waals surface area contributed by atoms with E-state index in [1.54, 1.807) is 19.2 Å². The normalized spacial score (nSPS) is 11.0. The Kier molecular flexibility index (Phi) is 3.99. The fraction of sp³-hybridized carbons (Fsp3) is 0.0556. The van der Waals surface area contributed by atoms with Gasteiger partial charge in [-0.2, -0.15) is 4.98 Å². The van der Waals surface area contributed by atoms with Crippen molar-refractivity contribution in [3.8, 4) is 16.3 Å². The number of aromatic nitrogens is 3. The van der Waals surface area contributed by atoms with Gasteiger partial charge in [-0.3, -0.25) is 0 Å². The number of nitrogens with one attached hydrogen (secondary N) is 1. The van der Waals surface area contributed by atoms with Crippen LogP contribution in [0.5, 0.6) is 0 Å². The van der Waals surface area contributed by atoms with Gasteiger partial charge in [-0.25, -0.2) is 14.3 Å². The number of hydrogen-bond donors (Lipinski definition) is 1. The summed E-state index contributed by atoms with van der Waals surface area (Å²) in [7, 11) is 1.74. The van der Waals surface area contributed by atoms with E-state index in [1.807, 2.05) is 42.5 Å². The molecule has 4 rings (SSSR count). The first-order valence-corrected chi connectivity index (χ1v) is 8.80. The van der Waals surface area contributed by atoms with Gasteiger partial charge in [0.15, 0.2) is 11.5 Å². The molecule has 0 bridgehead atoms. The highest BCUT2D eigenvalue weighted by Crippen LogP contribution is 2.34. The van der Waals surface area contributed by atoms with Gasteiger partial charge in [0.1, 0.15) is 9.71 Å². The van der Waals surface area contributed by atoms with Crippen molar-refractivity contribution in [2.45, 2.75) is 0 Å². The Hall–Kier alpha value is -2.70. The van der Waals surface area contributed by atoms with E-state index in [2.05, 4.69) is 10.3 Å². The SMILES string of the molecule is CNc1nc(=O)n(-c2ccccc2Cl)c2nc(-c3ccccc3)sc12. The van der Waals surface area contributed by atoms with Gasteiger partial charge < -0.3 is 5.32 Å². The third-order valence-electron chi connectivity index (χ3n) is 3.79. The van der Waals surface area contributed by atoms with Gasteiger partial charge in [0.25, 0.3) is 0 Å². The van der Waals surface area contributed by atoms with Crippen LogP contribution in [0.4, 0.5) is 5.82 Å². The summed E-state index contributed by atoms with van der Waals surface area (Å²) in [5.74, 6) is 0.517. The highest BCUT2D eigenvalue weighted by atomic mass is 35.5. The minimum Gasteiger partial charge on any atom is -0.372 e. The third-order valence-corrected chi connectivity index (χ3v) is 5.21. The van der Waals surface area contributed by atoms with Crippen LogP contribution in [0.15, 0.2) is 59.4 Å². The maximum atomic E-state index is 12.6. The Morgan fingerprint density at radius 3 is 2.48 bits per heavy atom. The average Bonchev–Trinajstić information content (AvgIpc) is 3.08. The van der Waals surface area contributed by atoms with Crippen molar-refractivity contribution >= 4 is 39.1 Å². The zero-order valence-corrected chi connectivity index (χ0v) is 14.8. The zero-order valence-electron chi connectivity index (χ0n) is 13.2. The molecule has 0 fully saturated rings. The number of rotatable bonds is 3. The van der Waals surface area contributed by atoms with E-state index in [9.17, 15) is 4.79 Å². The Morgan fingerprint density at radius 1 is 1.04 bits per heavy atom. The van der Waals surface area contributed by atoms with Crippen LogP contribution in [0, 0.1) is 0 Å². The Balaban J connectivity index is 2.07. The average molecular weight is 369 g/mol. The molecular formula is C18H13ClN4OS. The van der Waals surface area contributed by atoms with Gasteiger partial charge in [0, 0.05) is 12.6 Å². The van der Waals surface area contributed by atoms with Crippen LogP contribution in [0.3, 0.4) is 0 Å². The van der Waals surface area contributed by atoms with Gasteiger partial charge in [0.2, 0.25) is 0 Å². The van der Waals surface area contributed by atoms with E-state index in [4.69, 9.17) is 16.6 Å². The number of benzene rings is 2. The lowest BCUT2D eigenvalue weighted by Gasteiger charge is -2.09. The first-order chi connectivity index (χ1) is 12.2. The smallest absolute Gasteiger partial charge is 0.355 e. The van der Waals surface area contributed by atoms with Crippen LogP contribution in [0.2, 0.25) is 5.02 Å². The summed E-state index contributed by atoms with van der Waals surface area (Å²) in [6.45, 7) is 0. The lowest BCUT2D eigenvalue weighted by Crippen LogP contribution is -2.23. The quantitative estimate of drug-likeness (QED) is 0.588. The van der Waals surface area contributed by atoms with Crippen molar-refractivity contribution in [1.29, 1.82) is 0 Å². The summed E-state index contributed by atoms with van der Waals surface area (Å²) >= 11 is 7.79. The zero-order chi connectivity index (χ0) is 17.4. The summed E-state index contributed by atoms with van der Waals surface area (Å²) in [6.07, 6.45) is 0. The lowest BCUT2D eigenvalue weighted by molar-refractivity contribution is 0.949. The molecule has 0 aliphatic carbocycles. The highest BCUT2D eigenvalue weighted by molar-refractivity contribution is 7.22. The molecule has 0 unspecified atom stereocenters. The molecule has 0 atom stereocenters. The van der Waals surface area contributed by atoms with Crippen molar-refractivity contribution in [2.24, 2.45) is 0 Å². The molecule has 7 heteroatoms. The van der Waals surface area contributed by atoms with Crippen LogP contribution in [0.25, 0.3) is 26.6 Å². The molecular weight excluding hydrogens is 356 g/mol. The van der Waals surface area contributed by atoms with E-state index in [-0.39, 0.29) is 0 Å². The molecule has 2 aromatic heterocycles. The number of fused-ring (bicyclic) bond motifs is 1. The molecule has 2 heterocycles. The lowest BCUT2D eigenvalue weighted by atomic mass is 10.2. The first-order valence-electron chi connectivity index (χ1n) is 7.60. The van der Waals surface area contributed by atoms with Crippen LogP contribution in [-0.4, -0.2) is 21.6 Å². The summed E-state index contributed by atoms with van der Waals surface area (Å²) in [6, 6.07) is 17.0. The van der Waals surface area contributed by atoms with Crippen molar-refractivity contribution in [3.05, 3.63) is 70.1 Å². The highest BCUT2D eigenvalue weighted by Gasteiger charge is 2.18. The third kappa shape index (κ3) is 2.69. The molecule has 5 nitrogen and oxygen atoms in total. The maximum absolute atomic E-state index is 12.6. The predicted molar refractivity (Wildman–Crippen MR) is 103 cm³/mol. The predicted octanol–water partition coefficient (Wildman–Crippen LogP) is 4.20. The van der Waals surface area contributed by atoms with Gasteiger partial charge in [-0.1, -0.05) is 54.1 Å². The number of hydrogen-bond acceptors (Lipinski definition) is 5. The van der Waals surface area contributed by atoms with Crippen molar-refractivity contribution in [1.82, 2.24) is 14.5 Å². The van der Waals surface area contributed by atoms with E-state index in [0.717, 1.165) is 15.3 Å². The number of thiazole rings is 1. The van der Waals surface area contributed by atoms with E-state index < -0.39 is 5.69 Å². The molecule has 4 aromatic rings. The van der Waals surface area contributed by atoms with Crippen LogP contribution in [0.1, 0.15) is 0 Å². The fourth-order valence-electron chi connectivity index (χ4n) is 2.63. The second-order valence-corrected chi connectivity index (χ2v) is 6.72. The molecule has 0 amide bonds. The Bertz CT molecular complexity index is 1120. The molecule has 0 aliphatic rings. The molecule has 25 heavy (non-hydrogen) atoms. The Labute approximate surface area is 152 Å². The summed E-state index contributed by atoms with van der Waals surface area (Å²) in [4.78, 5) is 21.5. The largest absolute Gasteiger partial charge is 0.372 e. The summed E-state index contributed by atoms with van der Waals surface area (Å²) < 4.78 is 2.27. The van der Waals surface area contributed by atoms with Gasteiger partial charge in [-0.15, -0.1) is 11.3 Å².